The fraction of sp³-hybridized carbons (Fsp3) is 0.250. The maximum absolute atomic E-state index is 4.34. The quantitative estimate of drug-likeness (QED) is 0.655. The average molecular weight is 311 g/mol. The van der Waals surface area contributed by atoms with Crippen LogP contribution in [0, 0.1) is 0 Å². The number of hydrogen-bond acceptors (Lipinski definition) is 5. The van der Waals surface area contributed by atoms with Gasteiger partial charge in [-0.05, 0) is 43.2 Å². The molecule has 3 heterocycles. The van der Waals surface area contributed by atoms with E-state index in [9.17, 15) is 0 Å². The fourth-order valence-electron chi connectivity index (χ4n) is 2.20. The van der Waals surface area contributed by atoms with Crippen LogP contribution in [0.1, 0.15) is 12.5 Å². The van der Waals surface area contributed by atoms with Crippen LogP contribution >= 0.6 is 11.8 Å². The van der Waals surface area contributed by atoms with E-state index in [1.807, 2.05) is 36.7 Å². The van der Waals surface area contributed by atoms with Gasteiger partial charge in [-0.1, -0.05) is 11.8 Å². The first-order valence-electron chi connectivity index (χ1n) is 7.23. The molecule has 0 fully saturated rings. The van der Waals surface area contributed by atoms with Gasteiger partial charge >= 0.3 is 0 Å². The van der Waals surface area contributed by atoms with Gasteiger partial charge in [0, 0.05) is 42.6 Å². The van der Waals surface area contributed by atoms with Crippen molar-refractivity contribution in [3.8, 4) is 11.4 Å². The van der Waals surface area contributed by atoms with Crippen molar-refractivity contribution in [2.24, 2.45) is 0 Å². The topological polar surface area (TPSA) is 56.5 Å². The van der Waals surface area contributed by atoms with Gasteiger partial charge in [0.2, 0.25) is 0 Å². The van der Waals surface area contributed by atoms with Crippen LogP contribution in [0.25, 0.3) is 11.4 Å². The van der Waals surface area contributed by atoms with E-state index in [0.717, 1.165) is 35.3 Å². The summed E-state index contributed by atoms with van der Waals surface area (Å²) in [4.78, 5) is 8.09. The van der Waals surface area contributed by atoms with E-state index in [2.05, 4.69) is 31.7 Å². The summed E-state index contributed by atoms with van der Waals surface area (Å²) in [5.74, 6) is 1.87. The normalized spacial score (nSPS) is 10.8. The number of rotatable bonds is 6. The molecule has 0 saturated heterocycles. The Labute approximate surface area is 133 Å². The van der Waals surface area contributed by atoms with Gasteiger partial charge in [-0.2, -0.15) is 0 Å². The van der Waals surface area contributed by atoms with Gasteiger partial charge in [-0.25, -0.2) is 0 Å². The first-order valence-corrected chi connectivity index (χ1v) is 8.22. The third-order valence-corrected chi connectivity index (χ3v) is 4.31. The monoisotopic (exact) mass is 311 g/mol. The Hall–Kier alpha value is -2.21. The van der Waals surface area contributed by atoms with Crippen molar-refractivity contribution in [1.82, 2.24) is 24.7 Å². The van der Waals surface area contributed by atoms with E-state index in [0.29, 0.717) is 0 Å². The van der Waals surface area contributed by atoms with Crippen LogP contribution in [-0.2, 0) is 13.0 Å². The van der Waals surface area contributed by atoms with Gasteiger partial charge < -0.3 is 4.57 Å². The van der Waals surface area contributed by atoms with Crippen molar-refractivity contribution in [1.29, 1.82) is 0 Å². The van der Waals surface area contributed by atoms with E-state index in [1.54, 1.807) is 24.2 Å². The summed E-state index contributed by atoms with van der Waals surface area (Å²) in [6, 6.07) is 8.02. The van der Waals surface area contributed by atoms with Crippen molar-refractivity contribution in [2.45, 2.75) is 25.0 Å². The second kappa shape index (κ2) is 7.17. The second-order valence-corrected chi connectivity index (χ2v) is 5.80. The summed E-state index contributed by atoms with van der Waals surface area (Å²) in [6.45, 7) is 2.96. The van der Waals surface area contributed by atoms with Gasteiger partial charge in [0.05, 0.1) is 0 Å². The summed E-state index contributed by atoms with van der Waals surface area (Å²) in [5, 5.41) is 9.64. The van der Waals surface area contributed by atoms with Crippen molar-refractivity contribution in [3.63, 3.8) is 0 Å². The van der Waals surface area contributed by atoms with Crippen LogP contribution in [0.4, 0.5) is 0 Å². The molecule has 0 aliphatic heterocycles. The number of pyridine rings is 2. The Kier molecular flexibility index (Phi) is 4.80. The van der Waals surface area contributed by atoms with E-state index < -0.39 is 0 Å². The first-order chi connectivity index (χ1) is 10.9. The van der Waals surface area contributed by atoms with Crippen LogP contribution in [0.3, 0.4) is 0 Å². The third-order valence-electron chi connectivity index (χ3n) is 3.34. The molecule has 0 N–H and O–H groups in total. The lowest BCUT2D eigenvalue weighted by Crippen LogP contribution is -2.00. The maximum atomic E-state index is 4.34. The second-order valence-electron chi connectivity index (χ2n) is 4.74. The average Bonchev–Trinajstić information content (AvgIpc) is 2.99. The lowest BCUT2D eigenvalue weighted by molar-refractivity contribution is 0.687. The minimum absolute atomic E-state index is 0.849. The number of hydrogen-bond donors (Lipinski definition) is 0. The minimum atomic E-state index is 0.849. The van der Waals surface area contributed by atoms with Gasteiger partial charge in [0.25, 0.3) is 0 Å². The van der Waals surface area contributed by atoms with Crippen LogP contribution in [0.2, 0.25) is 0 Å². The largest absolute Gasteiger partial charge is 0.302 e. The first kappa shape index (κ1) is 14.7. The summed E-state index contributed by atoms with van der Waals surface area (Å²) >= 11 is 1.74. The predicted molar refractivity (Wildman–Crippen MR) is 87.6 cm³/mol. The predicted octanol–water partition coefficient (Wildman–Crippen LogP) is 3.09. The molecule has 0 aliphatic rings. The zero-order valence-corrected chi connectivity index (χ0v) is 13.2. The summed E-state index contributed by atoms with van der Waals surface area (Å²) in [7, 11) is 0. The molecule has 0 saturated carbocycles. The standard InChI is InChI=1S/C16H17N5S/c1-2-21-15(14-5-10-18-11-6-14)19-20-16(21)22-12-7-13-3-8-17-9-4-13/h3-6,8-11H,2,7,12H2,1H3. The molecule has 0 aliphatic carbocycles. The highest BCUT2D eigenvalue weighted by atomic mass is 32.2. The molecule has 3 rings (SSSR count). The van der Waals surface area contributed by atoms with Gasteiger partial charge in [-0.3, -0.25) is 9.97 Å². The fourth-order valence-corrected chi connectivity index (χ4v) is 3.19. The molecular formula is C16H17N5S. The molecule has 5 nitrogen and oxygen atoms in total. The van der Waals surface area contributed by atoms with Crippen molar-refractivity contribution in [2.75, 3.05) is 5.75 Å². The molecule has 3 aromatic heterocycles. The Balaban J connectivity index is 1.71. The van der Waals surface area contributed by atoms with E-state index in [-0.39, 0.29) is 0 Å². The lowest BCUT2D eigenvalue weighted by atomic mass is 10.2. The molecule has 0 unspecified atom stereocenters. The zero-order valence-electron chi connectivity index (χ0n) is 12.4. The van der Waals surface area contributed by atoms with E-state index in [1.165, 1.54) is 5.56 Å². The third kappa shape index (κ3) is 3.33. The highest BCUT2D eigenvalue weighted by Gasteiger charge is 2.12. The smallest absolute Gasteiger partial charge is 0.191 e. The van der Waals surface area contributed by atoms with Gasteiger partial charge in [0.15, 0.2) is 11.0 Å². The van der Waals surface area contributed by atoms with Gasteiger partial charge in [0.1, 0.15) is 0 Å². The number of aryl methyl sites for hydroxylation is 1. The molecule has 0 spiro atoms. The highest BCUT2D eigenvalue weighted by molar-refractivity contribution is 7.99. The van der Waals surface area contributed by atoms with Crippen molar-refractivity contribution in [3.05, 3.63) is 54.6 Å². The molecule has 0 aromatic carbocycles. The Bertz CT molecular complexity index is 712. The lowest BCUT2D eigenvalue weighted by Gasteiger charge is -2.07. The molecule has 0 radical (unpaired) electrons. The number of aromatic nitrogens is 5. The number of nitrogens with zero attached hydrogens (tertiary/aromatic N) is 5. The highest BCUT2D eigenvalue weighted by Crippen LogP contribution is 2.23. The molecule has 0 amide bonds. The Morgan fingerprint density at radius 2 is 1.64 bits per heavy atom. The van der Waals surface area contributed by atoms with Crippen LogP contribution < -0.4 is 0 Å². The zero-order chi connectivity index (χ0) is 15.2. The minimum Gasteiger partial charge on any atom is -0.302 e. The molecule has 3 aromatic rings. The molecular weight excluding hydrogens is 294 g/mol. The Morgan fingerprint density at radius 1 is 0.955 bits per heavy atom. The van der Waals surface area contributed by atoms with Crippen LogP contribution in [0.15, 0.2) is 54.2 Å². The van der Waals surface area contributed by atoms with Crippen LogP contribution in [-0.4, -0.2) is 30.5 Å². The van der Waals surface area contributed by atoms with E-state index in [4.69, 9.17) is 0 Å². The molecule has 0 bridgehead atoms. The SMILES string of the molecule is CCn1c(SCCc2ccncc2)nnc1-c1ccncc1. The molecule has 0 atom stereocenters. The summed E-state index contributed by atoms with van der Waals surface area (Å²) in [6.07, 6.45) is 8.21. The molecule has 22 heavy (non-hydrogen) atoms. The molecule has 6 heteroatoms. The number of thioether (sulfide) groups is 1. The van der Waals surface area contributed by atoms with E-state index >= 15 is 0 Å². The maximum Gasteiger partial charge on any atom is 0.191 e. The summed E-state index contributed by atoms with van der Waals surface area (Å²) in [5.41, 5.74) is 2.34. The van der Waals surface area contributed by atoms with Crippen molar-refractivity contribution >= 4 is 11.8 Å². The summed E-state index contributed by atoms with van der Waals surface area (Å²) < 4.78 is 2.15. The van der Waals surface area contributed by atoms with Gasteiger partial charge in [-0.15, -0.1) is 10.2 Å². The Morgan fingerprint density at radius 3 is 2.32 bits per heavy atom. The van der Waals surface area contributed by atoms with Crippen molar-refractivity contribution < 1.29 is 0 Å². The van der Waals surface area contributed by atoms with Crippen LogP contribution in [0.5, 0.6) is 0 Å². The molecule has 112 valence electrons.